The summed E-state index contributed by atoms with van der Waals surface area (Å²) in [6, 6.07) is 25.7. The van der Waals surface area contributed by atoms with E-state index in [2.05, 4.69) is 28.4 Å². The third-order valence-corrected chi connectivity index (χ3v) is 10.8. The smallest absolute Gasteiger partial charge is 0.340 e. The van der Waals surface area contributed by atoms with Gasteiger partial charge in [-0.1, -0.05) is 59.2 Å². The van der Waals surface area contributed by atoms with E-state index < -0.39 is 17.5 Å². The molecule has 4 aromatic rings. The van der Waals surface area contributed by atoms with Gasteiger partial charge in [-0.2, -0.15) is 5.26 Å². The Kier molecular flexibility index (Phi) is 6.30. The Bertz CT molecular complexity index is 1840. The van der Waals surface area contributed by atoms with E-state index in [4.69, 9.17) is 32.7 Å². The number of esters is 1. The van der Waals surface area contributed by atoms with Crippen LogP contribution in [0.5, 0.6) is 11.5 Å². The molecule has 4 aliphatic heterocycles. The first-order chi connectivity index (χ1) is 21.0. The fourth-order valence-corrected chi connectivity index (χ4v) is 8.29. The summed E-state index contributed by atoms with van der Waals surface area (Å²) in [5, 5.41) is 14.3. The molecule has 1 spiro atoms. The second kappa shape index (κ2) is 10.1. The summed E-state index contributed by atoms with van der Waals surface area (Å²) in [6.45, 7) is 1.96. The van der Waals surface area contributed by atoms with Crippen molar-refractivity contribution in [1.29, 1.82) is 5.26 Å². The van der Waals surface area contributed by atoms with Crippen molar-refractivity contribution >= 4 is 52.3 Å². The van der Waals surface area contributed by atoms with E-state index in [0.29, 0.717) is 33.2 Å². The molecule has 0 bridgehead atoms. The molecule has 0 saturated carbocycles. The lowest BCUT2D eigenvalue weighted by atomic mass is 9.77. The van der Waals surface area contributed by atoms with Gasteiger partial charge in [0.25, 0.3) is 0 Å². The van der Waals surface area contributed by atoms with Gasteiger partial charge in [0.15, 0.2) is 5.60 Å². The molecule has 3 atom stereocenters. The Morgan fingerprint density at radius 3 is 2.47 bits per heavy atom. The summed E-state index contributed by atoms with van der Waals surface area (Å²) in [6.07, 6.45) is 3.52. The van der Waals surface area contributed by atoms with Crippen LogP contribution in [0, 0.1) is 11.3 Å². The van der Waals surface area contributed by atoms with Gasteiger partial charge in [-0.05, 0) is 67.3 Å². The minimum atomic E-state index is -1.28. The van der Waals surface area contributed by atoms with E-state index in [0.717, 1.165) is 53.3 Å². The highest BCUT2D eigenvalue weighted by Gasteiger charge is 2.54. The number of piperidine rings is 1. The highest BCUT2D eigenvalue weighted by Crippen LogP contribution is 2.58. The van der Waals surface area contributed by atoms with Gasteiger partial charge in [0, 0.05) is 52.1 Å². The van der Waals surface area contributed by atoms with Gasteiger partial charge in [-0.3, -0.25) is 0 Å². The monoisotopic (exact) mass is 625 g/mol. The number of nitrogens with one attached hydrogen (secondary N) is 1. The molecule has 214 valence electrons. The molecule has 6 nitrogen and oxygen atoms in total. The Morgan fingerprint density at radius 1 is 0.930 bits per heavy atom. The fraction of sp³-hybridized carbons (Fsp3) is 0.235. The minimum Gasteiger partial charge on any atom is -0.456 e. The Balaban J connectivity index is 1.27. The van der Waals surface area contributed by atoms with E-state index in [9.17, 15) is 10.1 Å². The number of hydrogen-bond acceptors (Lipinski definition) is 7. The lowest BCUT2D eigenvalue weighted by Gasteiger charge is -2.38. The van der Waals surface area contributed by atoms with Crippen molar-refractivity contribution < 1.29 is 14.3 Å². The first kappa shape index (κ1) is 26.8. The molecular formula is C34H25Cl2N3O3S. The number of anilines is 2. The number of halogens is 2. The number of para-hydroxylation sites is 1. The van der Waals surface area contributed by atoms with Gasteiger partial charge >= 0.3 is 5.97 Å². The molecule has 1 N–H and O–H groups in total. The summed E-state index contributed by atoms with van der Waals surface area (Å²) in [5.41, 5.74) is 4.01. The van der Waals surface area contributed by atoms with Gasteiger partial charge in [-0.15, -0.1) is 0 Å². The molecule has 0 radical (unpaired) electrons. The van der Waals surface area contributed by atoms with Crippen LogP contribution >= 0.6 is 35.0 Å². The van der Waals surface area contributed by atoms with Gasteiger partial charge in [0.2, 0.25) is 0 Å². The first-order valence-electron chi connectivity index (χ1n) is 14.3. The number of ether oxygens (including phenoxy) is 2. The molecule has 0 aliphatic carbocycles. The zero-order valence-corrected chi connectivity index (χ0v) is 25.2. The number of fused-ring (bicyclic) bond motifs is 7. The van der Waals surface area contributed by atoms with Crippen molar-refractivity contribution in [3.05, 3.63) is 111 Å². The topological polar surface area (TPSA) is 74.6 Å². The van der Waals surface area contributed by atoms with E-state index in [1.54, 1.807) is 23.9 Å². The molecule has 3 unspecified atom stereocenters. The summed E-state index contributed by atoms with van der Waals surface area (Å²) < 4.78 is 13.0. The Morgan fingerprint density at radius 2 is 1.67 bits per heavy atom. The number of thioether (sulfide) groups is 1. The zero-order valence-electron chi connectivity index (χ0n) is 22.9. The largest absolute Gasteiger partial charge is 0.456 e. The molecular weight excluding hydrogens is 601 g/mol. The standard InChI is InChI=1S/C34H25Cl2N3O3S/c35-26-16-21-25(17-27(26)36)34(42-33(21)40)23-10-8-19(22(18-37)32-38-28-6-2-3-7-31(28)43-32)14-29(23)41-30-15-20(9-11-24(30)34)39-12-4-1-5-13-39/h2-3,6-11,14-17,22,32,38H,1,4-5,12-13H2. The Hall–Kier alpha value is -3.83. The summed E-state index contributed by atoms with van der Waals surface area (Å²) >= 11 is 14.5. The molecule has 4 aliphatic rings. The van der Waals surface area contributed by atoms with Gasteiger partial charge in [0.05, 0.1) is 27.1 Å². The normalized spacial score (nSPS) is 21.9. The quantitative estimate of drug-likeness (QED) is 0.228. The summed E-state index contributed by atoms with van der Waals surface area (Å²) in [5.74, 6) is 0.202. The van der Waals surface area contributed by atoms with Crippen LogP contribution in [0.4, 0.5) is 11.4 Å². The molecule has 0 amide bonds. The van der Waals surface area contributed by atoms with Crippen molar-refractivity contribution in [2.75, 3.05) is 23.3 Å². The first-order valence-corrected chi connectivity index (χ1v) is 16.0. The number of hydrogen-bond donors (Lipinski definition) is 1. The molecule has 4 heterocycles. The number of nitrogens with zero attached hydrogens (tertiary/aromatic N) is 2. The second-order valence-electron chi connectivity index (χ2n) is 11.3. The van der Waals surface area contributed by atoms with Crippen LogP contribution in [-0.2, 0) is 10.3 Å². The highest BCUT2D eigenvalue weighted by atomic mass is 35.5. The maximum atomic E-state index is 13.4. The predicted molar refractivity (Wildman–Crippen MR) is 169 cm³/mol. The van der Waals surface area contributed by atoms with Crippen LogP contribution in [0.1, 0.15) is 57.8 Å². The fourth-order valence-electron chi connectivity index (χ4n) is 6.74. The second-order valence-corrected chi connectivity index (χ2v) is 13.3. The van der Waals surface area contributed by atoms with E-state index in [1.807, 2.05) is 48.5 Å². The van der Waals surface area contributed by atoms with Gasteiger partial charge < -0.3 is 19.7 Å². The van der Waals surface area contributed by atoms with Crippen LogP contribution in [0.2, 0.25) is 10.0 Å². The lowest BCUT2D eigenvalue weighted by molar-refractivity contribution is 0.0224. The predicted octanol–water partition coefficient (Wildman–Crippen LogP) is 8.70. The van der Waals surface area contributed by atoms with Crippen LogP contribution in [0.3, 0.4) is 0 Å². The van der Waals surface area contributed by atoms with Crippen molar-refractivity contribution in [3.8, 4) is 17.6 Å². The number of benzene rings is 4. The minimum absolute atomic E-state index is 0.165. The van der Waals surface area contributed by atoms with Crippen LogP contribution in [0.25, 0.3) is 0 Å². The number of carbonyl (C=O) groups is 1. The van der Waals surface area contributed by atoms with Crippen LogP contribution < -0.4 is 15.0 Å². The third-order valence-electron chi connectivity index (χ3n) is 8.82. The summed E-state index contributed by atoms with van der Waals surface area (Å²) in [4.78, 5) is 16.9. The number of rotatable bonds is 3. The average Bonchev–Trinajstić information content (AvgIpc) is 3.57. The van der Waals surface area contributed by atoms with Crippen molar-refractivity contribution in [2.45, 2.75) is 41.1 Å². The molecule has 9 heteroatoms. The van der Waals surface area contributed by atoms with Crippen LogP contribution in [-0.4, -0.2) is 24.4 Å². The molecule has 43 heavy (non-hydrogen) atoms. The molecule has 0 aromatic heterocycles. The van der Waals surface area contributed by atoms with Crippen LogP contribution in [0.15, 0.2) is 77.7 Å². The SMILES string of the molecule is N#CC(c1ccc2c(c1)Oc1cc(N3CCCCC3)ccc1C21OC(=O)c2cc(Cl)c(Cl)cc21)C1Nc2ccccc2S1. The lowest BCUT2D eigenvalue weighted by Crippen LogP contribution is -2.34. The van der Waals surface area contributed by atoms with Gasteiger partial charge in [0.1, 0.15) is 17.4 Å². The molecule has 8 rings (SSSR count). The van der Waals surface area contributed by atoms with Crippen molar-refractivity contribution in [2.24, 2.45) is 0 Å². The van der Waals surface area contributed by atoms with Crippen molar-refractivity contribution in [1.82, 2.24) is 0 Å². The van der Waals surface area contributed by atoms with E-state index in [-0.39, 0.29) is 10.4 Å². The van der Waals surface area contributed by atoms with Crippen molar-refractivity contribution in [3.63, 3.8) is 0 Å². The Labute approximate surface area is 263 Å². The highest BCUT2D eigenvalue weighted by molar-refractivity contribution is 8.00. The maximum absolute atomic E-state index is 13.4. The van der Waals surface area contributed by atoms with E-state index >= 15 is 0 Å². The number of carbonyl (C=O) groups excluding carboxylic acids is 1. The molecule has 1 fully saturated rings. The van der Waals surface area contributed by atoms with Gasteiger partial charge in [-0.25, -0.2) is 4.79 Å². The number of nitriles is 1. The maximum Gasteiger partial charge on any atom is 0.340 e. The molecule has 1 saturated heterocycles. The summed E-state index contributed by atoms with van der Waals surface area (Å²) in [7, 11) is 0. The third kappa shape index (κ3) is 4.11. The zero-order chi connectivity index (χ0) is 29.3. The van der Waals surface area contributed by atoms with E-state index in [1.165, 1.54) is 6.42 Å². The average molecular weight is 627 g/mol. The molecule has 4 aromatic carbocycles.